The second-order valence-electron chi connectivity index (χ2n) is 3.39. The molecule has 0 radical (unpaired) electrons. The fourth-order valence-corrected chi connectivity index (χ4v) is 1.37. The minimum Gasteiger partial charge on any atom is -0.0885 e. The Labute approximate surface area is 83.7 Å². The van der Waals surface area contributed by atoms with E-state index < -0.39 is 0 Å². The van der Waals surface area contributed by atoms with Crippen LogP contribution in [0.4, 0.5) is 0 Å². The zero-order valence-corrected chi connectivity index (χ0v) is 9.42. The molecule has 1 rings (SSSR count). The van der Waals surface area contributed by atoms with Crippen LogP contribution in [0.1, 0.15) is 52.9 Å². The average molecular weight is 180 g/mol. The highest BCUT2D eigenvalue weighted by molar-refractivity contribution is 4.91. The second-order valence-corrected chi connectivity index (χ2v) is 3.39. The van der Waals surface area contributed by atoms with Crippen LogP contribution >= 0.6 is 0 Å². The van der Waals surface area contributed by atoms with Crippen molar-refractivity contribution in [3.63, 3.8) is 0 Å². The molecule has 0 aromatic rings. The molecule has 13 heavy (non-hydrogen) atoms. The van der Waals surface area contributed by atoms with E-state index in [4.69, 9.17) is 0 Å². The molecule has 1 aliphatic rings. The Kier molecular flexibility index (Phi) is 9.18. The maximum absolute atomic E-state index is 2.36. The van der Waals surface area contributed by atoms with Crippen molar-refractivity contribution in [2.24, 2.45) is 5.92 Å². The summed E-state index contributed by atoms with van der Waals surface area (Å²) in [7, 11) is 0. The van der Waals surface area contributed by atoms with Crippen molar-refractivity contribution in [3.8, 4) is 0 Å². The van der Waals surface area contributed by atoms with Gasteiger partial charge in [-0.3, -0.25) is 0 Å². The Morgan fingerprint density at radius 3 is 2.31 bits per heavy atom. The summed E-state index contributed by atoms with van der Waals surface area (Å²) in [6, 6.07) is 0. The van der Waals surface area contributed by atoms with Gasteiger partial charge in [0.25, 0.3) is 0 Å². The minimum absolute atomic E-state index is 0.776. The topological polar surface area (TPSA) is 0 Å². The van der Waals surface area contributed by atoms with Gasteiger partial charge in [0.05, 0.1) is 0 Å². The highest BCUT2D eigenvalue weighted by Crippen LogP contribution is 2.11. The molecule has 0 fully saturated rings. The van der Waals surface area contributed by atoms with Gasteiger partial charge in [-0.15, -0.1) is 0 Å². The Balaban J connectivity index is 0.000000671. The van der Waals surface area contributed by atoms with Crippen molar-refractivity contribution < 1.29 is 0 Å². The summed E-state index contributed by atoms with van der Waals surface area (Å²) in [6.07, 6.45) is 15.8. The zero-order valence-electron chi connectivity index (χ0n) is 9.42. The van der Waals surface area contributed by atoms with Gasteiger partial charge in [-0.25, -0.2) is 0 Å². The summed E-state index contributed by atoms with van der Waals surface area (Å²) in [5.74, 6) is 0.776. The first-order chi connectivity index (χ1) is 6.39. The standard InChI is InChI=1S/C11H18.C2H6/c1-11-9-7-5-3-2-4-6-8-10-11;1-2/h3,5,8,10-11H,2,4,6-7,9H2,1H3;1-2H3/b5-3-,10-8-;. The molecule has 1 unspecified atom stereocenters. The van der Waals surface area contributed by atoms with E-state index in [1.54, 1.807) is 0 Å². The molecule has 76 valence electrons. The third-order valence-corrected chi connectivity index (χ3v) is 2.16. The SMILES string of the molecule is CC.CC1/C=C\CCC/C=C\CC1. The molecule has 0 spiro atoms. The van der Waals surface area contributed by atoms with E-state index in [1.165, 1.54) is 32.1 Å². The summed E-state index contributed by atoms with van der Waals surface area (Å²) < 4.78 is 0. The highest BCUT2D eigenvalue weighted by Gasteiger charge is 1.95. The van der Waals surface area contributed by atoms with Crippen LogP contribution in [0.2, 0.25) is 0 Å². The smallest absolute Gasteiger partial charge is 0.0259 e. The average Bonchev–Trinajstić information content (AvgIpc) is 2.19. The summed E-state index contributed by atoms with van der Waals surface area (Å²) in [5, 5.41) is 0. The van der Waals surface area contributed by atoms with Crippen molar-refractivity contribution in [3.05, 3.63) is 24.3 Å². The Morgan fingerprint density at radius 1 is 0.923 bits per heavy atom. The molecule has 0 amide bonds. The lowest BCUT2D eigenvalue weighted by atomic mass is 10.0. The van der Waals surface area contributed by atoms with Crippen LogP contribution in [-0.2, 0) is 0 Å². The van der Waals surface area contributed by atoms with Gasteiger partial charge in [0.2, 0.25) is 0 Å². The van der Waals surface area contributed by atoms with Crippen LogP contribution < -0.4 is 0 Å². The maximum atomic E-state index is 2.36. The number of hydrogen-bond donors (Lipinski definition) is 0. The van der Waals surface area contributed by atoms with Gasteiger partial charge in [0, 0.05) is 0 Å². The van der Waals surface area contributed by atoms with Crippen LogP contribution in [-0.4, -0.2) is 0 Å². The quantitative estimate of drug-likeness (QED) is 0.473. The predicted octanol–water partition coefficient (Wildman–Crippen LogP) is 4.73. The molecule has 0 heterocycles. The summed E-state index contributed by atoms with van der Waals surface area (Å²) in [4.78, 5) is 0. The van der Waals surface area contributed by atoms with Crippen molar-refractivity contribution in [2.45, 2.75) is 52.9 Å². The summed E-state index contributed by atoms with van der Waals surface area (Å²) in [5.41, 5.74) is 0. The lowest BCUT2D eigenvalue weighted by Crippen LogP contribution is -1.88. The molecule has 0 nitrogen and oxygen atoms in total. The van der Waals surface area contributed by atoms with Crippen LogP contribution in [0, 0.1) is 5.92 Å². The normalized spacial score (nSPS) is 28.1. The van der Waals surface area contributed by atoms with Gasteiger partial charge in [-0.1, -0.05) is 45.1 Å². The van der Waals surface area contributed by atoms with Crippen LogP contribution in [0.5, 0.6) is 0 Å². The van der Waals surface area contributed by atoms with Gasteiger partial charge in [-0.2, -0.15) is 0 Å². The molecular weight excluding hydrogens is 156 g/mol. The summed E-state index contributed by atoms with van der Waals surface area (Å²) >= 11 is 0. The van der Waals surface area contributed by atoms with E-state index >= 15 is 0 Å². The van der Waals surface area contributed by atoms with Gasteiger partial charge in [0.1, 0.15) is 0 Å². The van der Waals surface area contributed by atoms with E-state index in [0.29, 0.717) is 0 Å². The van der Waals surface area contributed by atoms with E-state index in [1.807, 2.05) is 13.8 Å². The molecule has 0 aromatic carbocycles. The van der Waals surface area contributed by atoms with Gasteiger partial charge in [-0.05, 0) is 38.0 Å². The molecule has 0 saturated heterocycles. The van der Waals surface area contributed by atoms with Crippen LogP contribution in [0.15, 0.2) is 24.3 Å². The second kappa shape index (κ2) is 9.57. The first-order valence-electron chi connectivity index (χ1n) is 5.71. The number of rotatable bonds is 0. The van der Waals surface area contributed by atoms with E-state index in [0.717, 1.165) is 5.92 Å². The zero-order chi connectivity index (χ0) is 9.94. The Morgan fingerprint density at radius 2 is 1.54 bits per heavy atom. The van der Waals surface area contributed by atoms with Crippen molar-refractivity contribution in [1.29, 1.82) is 0 Å². The molecule has 0 saturated carbocycles. The minimum atomic E-state index is 0.776. The Hall–Kier alpha value is -0.520. The fourth-order valence-electron chi connectivity index (χ4n) is 1.37. The monoisotopic (exact) mass is 180 g/mol. The maximum Gasteiger partial charge on any atom is -0.0259 e. The molecular formula is C13H24. The lowest BCUT2D eigenvalue weighted by Gasteiger charge is -2.04. The van der Waals surface area contributed by atoms with Crippen LogP contribution in [0.3, 0.4) is 0 Å². The van der Waals surface area contributed by atoms with Crippen molar-refractivity contribution in [1.82, 2.24) is 0 Å². The molecule has 0 heteroatoms. The van der Waals surface area contributed by atoms with Gasteiger partial charge < -0.3 is 0 Å². The molecule has 0 aromatic heterocycles. The predicted molar refractivity (Wildman–Crippen MR) is 61.9 cm³/mol. The van der Waals surface area contributed by atoms with E-state index in [-0.39, 0.29) is 0 Å². The first-order valence-corrected chi connectivity index (χ1v) is 5.71. The number of hydrogen-bond acceptors (Lipinski definition) is 0. The van der Waals surface area contributed by atoms with Crippen LogP contribution in [0.25, 0.3) is 0 Å². The molecule has 1 aliphatic carbocycles. The molecule has 1 atom stereocenters. The third kappa shape index (κ3) is 7.83. The number of allylic oxidation sites excluding steroid dienone is 4. The third-order valence-electron chi connectivity index (χ3n) is 2.16. The molecule has 0 aliphatic heterocycles. The lowest BCUT2D eigenvalue weighted by molar-refractivity contribution is 0.649. The fraction of sp³-hybridized carbons (Fsp3) is 0.692. The Bertz CT molecular complexity index is 142. The van der Waals surface area contributed by atoms with E-state index in [9.17, 15) is 0 Å². The summed E-state index contributed by atoms with van der Waals surface area (Å²) in [6.45, 7) is 6.30. The molecule has 0 bridgehead atoms. The highest BCUT2D eigenvalue weighted by atomic mass is 14.0. The van der Waals surface area contributed by atoms with Gasteiger partial charge in [0.15, 0.2) is 0 Å². The van der Waals surface area contributed by atoms with Gasteiger partial charge >= 0.3 is 0 Å². The molecule has 0 N–H and O–H groups in total. The largest absolute Gasteiger partial charge is 0.0885 e. The van der Waals surface area contributed by atoms with Crippen molar-refractivity contribution >= 4 is 0 Å². The van der Waals surface area contributed by atoms with E-state index in [2.05, 4.69) is 31.2 Å². The first kappa shape index (κ1) is 12.5. The van der Waals surface area contributed by atoms with Crippen molar-refractivity contribution in [2.75, 3.05) is 0 Å².